The van der Waals surface area contributed by atoms with E-state index in [9.17, 15) is 32.5 Å². The molecule has 0 heterocycles. The van der Waals surface area contributed by atoms with Crippen LogP contribution >= 0.6 is 0 Å². The van der Waals surface area contributed by atoms with E-state index in [1.165, 1.54) is 5.32 Å². The fourth-order valence-electron chi connectivity index (χ4n) is 1.15. The van der Waals surface area contributed by atoms with Gasteiger partial charge in [-0.15, -0.1) is 0 Å². The maximum Gasteiger partial charge on any atom is 0.419 e. The van der Waals surface area contributed by atoms with Gasteiger partial charge in [-0.1, -0.05) is 0 Å². The van der Waals surface area contributed by atoms with E-state index in [4.69, 9.17) is 5.11 Å². The SMILES string of the molecule is O=C(O)Nc1cc(F)c(C(F)(F)F)cc1[N+](=O)[O-]. The molecule has 1 aromatic rings. The molecule has 0 bridgehead atoms. The van der Waals surface area contributed by atoms with Crippen molar-refractivity contribution in [1.82, 2.24) is 0 Å². The molecule has 2 N–H and O–H groups in total. The molecule has 0 saturated carbocycles. The van der Waals surface area contributed by atoms with Crippen LogP contribution in [0.25, 0.3) is 0 Å². The van der Waals surface area contributed by atoms with Gasteiger partial charge in [-0.3, -0.25) is 15.4 Å². The first-order valence-corrected chi connectivity index (χ1v) is 4.18. The lowest BCUT2D eigenvalue weighted by Gasteiger charge is -2.09. The Bertz CT molecular complexity index is 515. The second-order valence-electron chi connectivity index (χ2n) is 3.03. The molecule has 0 radical (unpaired) electrons. The third-order valence-corrected chi connectivity index (χ3v) is 1.83. The number of nitrogens with zero attached hydrogens (tertiary/aromatic N) is 1. The van der Waals surface area contributed by atoms with Gasteiger partial charge in [-0.2, -0.15) is 13.2 Å². The van der Waals surface area contributed by atoms with E-state index in [0.29, 0.717) is 0 Å². The summed E-state index contributed by atoms with van der Waals surface area (Å²) < 4.78 is 49.9. The Hall–Kier alpha value is -2.39. The van der Waals surface area contributed by atoms with Crippen molar-refractivity contribution >= 4 is 17.5 Å². The summed E-state index contributed by atoms with van der Waals surface area (Å²) in [6.07, 6.45) is -6.88. The summed E-state index contributed by atoms with van der Waals surface area (Å²) >= 11 is 0. The van der Waals surface area contributed by atoms with Crippen LogP contribution < -0.4 is 5.32 Å². The maximum absolute atomic E-state index is 13.1. The lowest BCUT2D eigenvalue weighted by atomic mass is 10.1. The van der Waals surface area contributed by atoms with Crippen molar-refractivity contribution in [2.24, 2.45) is 0 Å². The summed E-state index contributed by atoms with van der Waals surface area (Å²) in [5, 5.41) is 20.2. The third kappa shape index (κ3) is 2.84. The van der Waals surface area contributed by atoms with Crippen LogP contribution in [0, 0.1) is 15.9 Å². The number of nitro benzene ring substituents is 1. The zero-order valence-corrected chi connectivity index (χ0v) is 8.29. The number of alkyl halides is 3. The summed E-state index contributed by atoms with van der Waals surface area (Å²) in [5.41, 5.74) is -3.91. The molecule has 0 aliphatic carbocycles. The lowest BCUT2D eigenvalue weighted by molar-refractivity contribution is -0.384. The van der Waals surface area contributed by atoms with Gasteiger partial charge in [-0.25, -0.2) is 9.18 Å². The highest BCUT2D eigenvalue weighted by molar-refractivity contribution is 5.86. The first-order valence-electron chi connectivity index (χ1n) is 4.18. The van der Waals surface area contributed by atoms with Gasteiger partial charge >= 0.3 is 12.3 Å². The Labute approximate surface area is 96.0 Å². The quantitative estimate of drug-likeness (QED) is 0.490. The molecular weight excluding hydrogens is 264 g/mol. The van der Waals surface area contributed by atoms with Crippen LogP contribution in [-0.2, 0) is 6.18 Å². The summed E-state index contributed by atoms with van der Waals surface area (Å²) in [6.45, 7) is 0. The number of nitro groups is 1. The minimum absolute atomic E-state index is 0.0688. The highest BCUT2D eigenvalue weighted by Gasteiger charge is 2.37. The van der Waals surface area contributed by atoms with Crippen molar-refractivity contribution in [3.63, 3.8) is 0 Å². The predicted molar refractivity (Wildman–Crippen MR) is 49.7 cm³/mol. The number of anilines is 1. The van der Waals surface area contributed by atoms with Crippen LogP contribution in [0.15, 0.2) is 12.1 Å². The van der Waals surface area contributed by atoms with Gasteiger partial charge in [0.05, 0.1) is 10.5 Å². The zero-order valence-electron chi connectivity index (χ0n) is 8.29. The number of halogens is 4. The van der Waals surface area contributed by atoms with E-state index in [1.807, 2.05) is 0 Å². The van der Waals surface area contributed by atoms with Gasteiger partial charge < -0.3 is 5.11 Å². The van der Waals surface area contributed by atoms with Gasteiger partial charge in [0, 0.05) is 12.1 Å². The van der Waals surface area contributed by atoms with E-state index in [2.05, 4.69) is 0 Å². The molecule has 0 aliphatic rings. The van der Waals surface area contributed by atoms with Crippen LogP contribution in [0.3, 0.4) is 0 Å². The van der Waals surface area contributed by atoms with E-state index < -0.39 is 39.9 Å². The van der Waals surface area contributed by atoms with Crippen molar-refractivity contribution in [3.05, 3.63) is 33.6 Å². The summed E-state index contributed by atoms with van der Waals surface area (Å²) in [6, 6.07) is 0.0374. The number of rotatable bonds is 2. The molecule has 18 heavy (non-hydrogen) atoms. The van der Waals surface area contributed by atoms with Crippen molar-refractivity contribution < 1.29 is 32.4 Å². The first-order chi connectivity index (χ1) is 8.12. The number of nitrogens with one attached hydrogen (secondary N) is 1. The fourth-order valence-corrected chi connectivity index (χ4v) is 1.15. The number of hydrogen-bond donors (Lipinski definition) is 2. The van der Waals surface area contributed by atoms with Crippen LogP contribution in [0.2, 0.25) is 0 Å². The van der Waals surface area contributed by atoms with Crippen molar-refractivity contribution in [1.29, 1.82) is 0 Å². The Balaban J connectivity index is 3.44. The molecule has 0 spiro atoms. The van der Waals surface area contributed by atoms with Gasteiger partial charge in [0.1, 0.15) is 11.5 Å². The van der Waals surface area contributed by atoms with E-state index >= 15 is 0 Å². The van der Waals surface area contributed by atoms with Crippen molar-refractivity contribution in [2.45, 2.75) is 6.18 Å². The highest BCUT2D eigenvalue weighted by atomic mass is 19.4. The standard InChI is InChI=1S/C8H4F4N2O4/c9-4-2-5(13-7(15)16)6(14(17)18)1-3(4)8(10,11)12/h1-2,13H,(H,15,16). The normalized spacial score (nSPS) is 11.1. The van der Waals surface area contributed by atoms with Crippen LogP contribution in [0.1, 0.15) is 5.56 Å². The van der Waals surface area contributed by atoms with Crippen LogP contribution in [0.4, 0.5) is 33.7 Å². The predicted octanol–water partition coefficient (Wildman–Crippen LogP) is 2.84. The number of amides is 1. The van der Waals surface area contributed by atoms with Crippen molar-refractivity contribution in [2.75, 3.05) is 5.32 Å². The molecule has 0 unspecified atom stereocenters. The second kappa shape index (κ2) is 4.47. The minimum atomic E-state index is -5.11. The summed E-state index contributed by atoms with van der Waals surface area (Å²) in [5.74, 6) is -1.81. The van der Waals surface area contributed by atoms with E-state index in [-0.39, 0.29) is 12.1 Å². The minimum Gasteiger partial charge on any atom is -0.465 e. The van der Waals surface area contributed by atoms with Gasteiger partial charge in [0.15, 0.2) is 0 Å². The number of carbonyl (C=O) groups is 1. The van der Waals surface area contributed by atoms with Crippen LogP contribution in [0.5, 0.6) is 0 Å². The monoisotopic (exact) mass is 268 g/mol. The molecule has 0 saturated heterocycles. The molecule has 0 fully saturated rings. The second-order valence-corrected chi connectivity index (χ2v) is 3.03. The molecule has 0 aliphatic heterocycles. The zero-order chi connectivity index (χ0) is 14.1. The number of benzene rings is 1. The first kappa shape index (κ1) is 13.7. The molecule has 1 aromatic carbocycles. The Morgan fingerprint density at radius 3 is 2.33 bits per heavy atom. The van der Waals surface area contributed by atoms with Crippen LogP contribution in [-0.4, -0.2) is 16.1 Å². The average molecular weight is 268 g/mol. The number of carboxylic acid groups (broad SMARTS) is 1. The molecule has 6 nitrogen and oxygen atoms in total. The third-order valence-electron chi connectivity index (χ3n) is 1.83. The number of hydrogen-bond acceptors (Lipinski definition) is 3. The smallest absolute Gasteiger partial charge is 0.419 e. The van der Waals surface area contributed by atoms with E-state index in [1.54, 1.807) is 0 Å². The van der Waals surface area contributed by atoms with Crippen molar-refractivity contribution in [3.8, 4) is 0 Å². The Morgan fingerprint density at radius 1 is 1.39 bits per heavy atom. The fraction of sp³-hybridized carbons (Fsp3) is 0.125. The van der Waals surface area contributed by atoms with Gasteiger partial charge in [-0.05, 0) is 0 Å². The Kier molecular flexibility index (Phi) is 3.39. The maximum atomic E-state index is 13.1. The molecule has 98 valence electrons. The molecule has 1 rings (SSSR count). The van der Waals surface area contributed by atoms with Gasteiger partial charge in [0.25, 0.3) is 5.69 Å². The van der Waals surface area contributed by atoms with Gasteiger partial charge in [0.2, 0.25) is 0 Å². The Morgan fingerprint density at radius 2 is 1.94 bits per heavy atom. The largest absolute Gasteiger partial charge is 0.465 e. The molecule has 0 atom stereocenters. The summed E-state index contributed by atoms with van der Waals surface area (Å²) in [7, 11) is 0. The lowest BCUT2D eigenvalue weighted by Crippen LogP contribution is -2.13. The molecule has 1 amide bonds. The molecular formula is C8H4F4N2O4. The molecule has 0 aromatic heterocycles. The summed E-state index contributed by atoms with van der Waals surface area (Å²) in [4.78, 5) is 19.5. The molecule has 10 heteroatoms. The average Bonchev–Trinajstić information content (AvgIpc) is 2.13. The topological polar surface area (TPSA) is 92.5 Å². The van der Waals surface area contributed by atoms with E-state index in [0.717, 1.165) is 0 Å². The highest BCUT2D eigenvalue weighted by Crippen LogP contribution is 2.37.